The molecule has 0 saturated carbocycles. The smallest absolute Gasteiger partial charge is 0.118 e. The number of rotatable bonds is 4. The fourth-order valence-corrected chi connectivity index (χ4v) is 3.67. The highest BCUT2D eigenvalue weighted by Crippen LogP contribution is 2.28. The lowest BCUT2D eigenvalue weighted by molar-refractivity contribution is 0.319. The van der Waals surface area contributed by atoms with Crippen molar-refractivity contribution in [2.24, 2.45) is 12.2 Å². The summed E-state index contributed by atoms with van der Waals surface area (Å²) >= 11 is 6.53. The molecule has 4 aromatic rings. The molecule has 0 spiro atoms. The molecule has 0 amide bonds. The Bertz CT molecular complexity index is 1190. The molecule has 0 aliphatic heterocycles. The van der Waals surface area contributed by atoms with Gasteiger partial charge in [-0.3, -0.25) is 0 Å². The van der Waals surface area contributed by atoms with Crippen LogP contribution in [0.1, 0.15) is 16.7 Å². The van der Waals surface area contributed by atoms with Gasteiger partial charge in [-0.05, 0) is 55.0 Å². The molecule has 1 heterocycles. The molecule has 5 heteroatoms. The number of aromatic nitrogens is 1. The second-order valence-corrected chi connectivity index (χ2v) is 7.19. The van der Waals surface area contributed by atoms with Crippen LogP contribution in [0.2, 0.25) is 5.02 Å². The molecule has 1 aromatic heterocycles. The number of hydrogen-bond donors (Lipinski definition) is 2. The minimum absolute atomic E-state index is 0.459. The summed E-state index contributed by atoms with van der Waals surface area (Å²) < 4.78 is 2.09. The van der Waals surface area contributed by atoms with E-state index in [0.29, 0.717) is 16.3 Å². The van der Waals surface area contributed by atoms with E-state index in [1.165, 1.54) is 10.9 Å². The van der Waals surface area contributed by atoms with Crippen LogP contribution in [0, 0.1) is 6.92 Å². The molecule has 0 bridgehead atoms. The molecule has 3 aromatic carbocycles. The van der Waals surface area contributed by atoms with Crippen molar-refractivity contribution in [3.8, 4) is 0 Å². The van der Waals surface area contributed by atoms with Crippen LogP contribution in [0.15, 0.2) is 78.1 Å². The highest BCUT2D eigenvalue weighted by Gasteiger charge is 2.14. The number of fused-ring (bicyclic) bond motifs is 1. The fourth-order valence-electron chi connectivity index (χ4n) is 3.40. The third-order valence-electron chi connectivity index (χ3n) is 4.90. The van der Waals surface area contributed by atoms with Crippen molar-refractivity contribution in [2.75, 3.05) is 5.32 Å². The minimum Gasteiger partial charge on any atom is -0.410 e. The first kappa shape index (κ1) is 18.1. The van der Waals surface area contributed by atoms with Gasteiger partial charge < -0.3 is 15.1 Å². The maximum atomic E-state index is 9.60. The molecule has 2 N–H and O–H groups in total. The van der Waals surface area contributed by atoms with Crippen molar-refractivity contribution < 1.29 is 5.21 Å². The summed E-state index contributed by atoms with van der Waals surface area (Å²) in [5.74, 6) is 0. The van der Waals surface area contributed by atoms with Crippen molar-refractivity contribution in [3.63, 3.8) is 0 Å². The van der Waals surface area contributed by atoms with Crippen LogP contribution in [-0.4, -0.2) is 15.5 Å². The van der Waals surface area contributed by atoms with Gasteiger partial charge in [-0.15, -0.1) is 0 Å². The van der Waals surface area contributed by atoms with Crippen molar-refractivity contribution in [2.45, 2.75) is 6.92 Å². The fraction of sp³-hybridized carbons (Fsp3) is 0.0870. The van der Waals surface area contributed by atoms with E-state index >= 15 is 0 Å². The van der Waals surface area contributed by atoms with Crippen molar-refractivity contribution in [3.05, 3.63) is 94.6 Å². The van der Waals surface area contributed by atoms with Gasteiger partial charge in [0.05, 0.1) is 5.02 Å². The highest BCUT2D eigenvalue weighted by atomic mass is 35.5. The van der Waals surface area contributed by atoms with Gasteiger partial charge in [0, 0.05) is 46.6 Å². The summed E-state index contributed by atoms with van der Waals surface area (Å²) in [6, 6.07) is 21.7. The van der Waals surface area contributed by atoms with E-state index in [9.17, 15) is 5.21 Å². The summed E-state index contributed by atoms with van der Waals surface area (Å²) in [7, 11) is 2.03. The van der Waals surface area contributed by atoms with Crippen LogP contribution in [-0.2, 0) is 7.05 Å². The monoisotopic (exact) mass is 389 g/mol. The van der Waals surface area contributed by atoms with Crippen LogP contribution in [0.3, 0.4) is 0 Å². The maximum Gasteiger partial charge on any atom is 0.118 e. The first-order valence-corrected chi connectivity index (χ1v) is 9.34. The Hall–Kier alpha value is -3.24. The number of nitrogens with one attached hydrogen (secondary N) is 1. The van der Waals surface area contributed by atoms with Crippen molar-refractivity contribution in [1.82, 2.24) is 4.57 Å². The second-order valence-electron chi connectivity index (χ2n) is 6.78. The Morgan fingerprint density at radius 3 is 2.46 bits per heavy atom. The van der Waals surface area contributed by atoms with Gasteiger partial charge in [0.25, 0.3) is 0 Å². The molecule has 0 atom stereocenters. The number of aryl methyl sites for hydroxylation is 2. The van der Waals surface area contributed by atoms with Gasteiger partial charge in [0.2, 0.25) is 0 Å². The largest absolute Gasteiger partial charge is 0.410 e. The second kappa shape index (κ2) is 7.41. The first-order valence-electron chi connectivity index (χ1n) is 8.97. The molecule has 0 saturated heterocycles. The predicted octanol–water partition coefficient (Wildman–Crippen LogP) is 6.11. The van der Waals surface area contributed by atoms with Crippen LogP contribution in [0.25, 0.3) is 10.9 Å². The number of nitrogens with zero attached hydrogens (tertiary/aromatic N) is 2. The molecule has 0 fully saturated rings. The van der Waals surface area contributed by atoms with Gasteiger partial charge in [0.15, 0.2) is 0 Å². The number of halogens is 1. The number of anilines is 2. The molecular weight excluding hydrogens is 370 g/mol. The Labute approximate surface area is 168 Å². The molecule has 0 unspecified atom stereocenters. The Balaban J connectivity index is 1.64. The topological polar surface area (TPSA) is 49.6 Å². The van der Waals surface area contributed by atoms with E-state index < -0.39 is 0 Å². The standard InChI is InChI=1S/C23H20ClN3O/c1-15-5-3-4-6-19(15)23(26-28)20-9-7-18(14-21(20)24)25-17-8-10-22-16(13-17)11-12-27(22)2/h3-14,25,28H,1-2H3. The van der Waals surface area contributed by atoms with E-state index in [-0.39, 0.29) is 0 Å². The summed E-state index contributed by atoms with van der Waals surface area (Å²) in [4.78, 5) is 0. The Morgan fingerprint density at radius 2 is 1.71 bits per heavy atom. The van der Waals surface area contributed by atoms with Gasteiger partial charge >= 0.3 is 0 Å². The quantitative estimate of drug-likeness (QED) is 0.251. The lowest BCUT2D eigenvalue weighted by Crippen LogP contribution is -2.06. The number of oxime groups is 1. The first-order chi connectivity index (χ1) is 13.6. The van der Waals surface area contributed by atoms with Crippen molar-refractivity contribution >= 4 is 39.6 Å². The number of hydrogen-bond acceptors (Lipinski definition) is 3. The Morgan fingerprint density at radius 1 is 0.964 bits per heavy atom. The maximum absolute atomic E-state index is 9.60. The zero-order valence-electron chi connectivity index (χ0n) is 15.6. The van der Waals surface area contributed by atoms with Gasteiger partial charge in [0.1, 0.15) is 5.71 Å². The van der Waals surface area contributed by atoms with E-state index in [4.69, 9.17) is 11.6 Å². The number of benzene rings is 3. The highest BCUT2D eigenvalue weighted by molar-refractivity contribution is 6.35. The van der Waals surface area contributed by atoms with Gasteiger partial charge in [-0.1, -0.05) is 41.0 Å². The summed E-state index contributed by atoms with van der Waals surface area (Å²) in [6.45, 7) is 1.98. The normalized spacial score (nSPS) is 11.8. The van der Waals surface area contributed by atoms with E-state index in [2.05, 4.69) is 33.2 Å². The van der Waals surface area contributed by atoms with E-state index in [1.54, 1.807) is 0 Å². The molecule has 4 rings (SSSR count). The van der Waals surface area contributed by atoms with Crippen LogP contribution in [0.5, 0.6) is 0 Å². The van der Waals surface area contributed by atoms with Crippen molar-refractivity contribution in [1.29, 1.82) is 0 Å². The molecular formula is C23H20ClN3O. The summed E-state index contributed by atoms with van der Waals surface area (Å²) in [5, 5.41) is 18.2. The van der Waals surface area contributed by atoms with Crippen LogP contribution < -0.4 is 5.32 Å². The third-order valence-corrected chi connectivity index (χ3v) is 5.21. The van der Waals surface area contributed by atoms with Gasteiger partial charge in [-0.2, -0.15) is 0 Å². The SMILES string of the molecule is Cc1ccccc1C(=NO)c1ccc(Nc2ccc3c(ccn3C)c2)cc1Cl. The molecule has 140 valence electrons. The third kappa shape index (κ3) is 3.35. The molecule has 0 aliphatic rings. The minimum atomic E-state index is 0.459. The summed E-state index contributed by atoms with van der Waals surface area (Å²) in [6.07, 6.45) is 2.04. The lowest BCUT2D eigenvalue weighted by Gasteiger charge is -2.12. The zero-order valence-corrected chi connectivity index (χ0v) is 16.4. The van der Waals surface area contributed by atoms with Crippen LogP contribution in [0.4, 0.5) is 11.4 Å². The van der Waals surface area contributed by atoms with E-state index in [0.717, 1.165) is 22.5 Å². The van der Waals surface area contributed by atoms with Crippen LogP contribution >= 0.6 is 11.6 Å². The zero-order chi connectivity index (χ0) is 19.7. The van der Waals surface area contributed by atoms with Gasteiger partial charge in [-0.25, -0.2) is 0 Å². The molecule has 4 nitrogen and oxygen atoms in total. The predicted molar refractivity (Wildman–Crippen MR) is 116 cm³/mol. The molecule has 28 heavy (non-hydrogen) atoms. The average Bonchev–Trinajstić information content (AvgIpc) is 3.05. The lowest BCUT2D eigenvalue weighted by atomic mass is 9.98. The molecule has 0 radical (unpaired) electrons. The molecule has 0 aliphatic carbocycles. The van der Waals surface area contributed by atoms with E-state index in [1.807, 2.05) is 68.7 Å². The Kier molecular flexibility index (Phi) is 4.80. The average molecular weight is 390 g/mol. The summed E-state index contributed by atoms with van der Waals surface area (Å²) in [5.41, 5.74) is 6.04.